The molecule has 2 rings (SSSR count). The van der Waals surface area contributed by atoms with E-state index in [1.807, 2.05) is 39.0 Å². The van der Waals surface area contributed by atoms with Gasteiger partial charge in [-0.05, 0) is 18.0 Å². The van der Waals surface area contributed by atoms with Gasteiger partial charge in [0.25, 0.3) is 0 Å². The minimum atomic E-state index is -0.273. The van der Waals surface area contributed by atoms with E-state index in [1.165, 1.54) is 0 Å². The van der Waals surface area contributed by atoms with Gasteiger partial charge in [0.1, 0.15) is 0 Å². The number of nitrogens with one attached hydrogen (secondary N) is 1. The van der Waals surface area contributed by atoms with Crippen LogP contribution in [0.5, 0.6) is 0 Å². The van der Waals surface area contributed by atoms with Gasteiger partial charge < -0.3 is 9.97 Å². The number of hydrogen-bond acceptors (Lipinski definition) is 1. The number of rotatable bonds is 0. The van der Waals surface area contributed by atoms with Crippen LogP contribution in [0.15, 0.2) is 23.0 Å². The van der Waals surface area contributed by atoms with Gasteiger partial charge in [0.05, 0.1) is 0 Å². The van der Waals surface area contributed by atoms with Crippen LogP contribution < -0.4 is 68.9 Å². The van der Waals surface area contributed by atoms with Gasteiger partial charge in [-0.3, -0.25) is 4.79 Å². The van der Waals surface area contributed by atoms with Crippen LogP contribution >= 0.6 is 0 Å². The molecule has 0 saturated carbocycles. The predicted molar refractivity (Wildman–Crippen MR) is 54.0 cm³/mol. The fraction of sp³-hybridized carbons (Fsp3) is 0.300. The smallest absolute Gasteiger partial charge is 0.424 e. The third-order valence-electron chi connectivity index (χ3n) is 1.62. The van der Waals surface area contributed by atoms with Gasteiger partial charge in [0, 0.05) is 0 Å². The maximum absolute atomic E-state index is 10.7. The first-order valence-electron chi connectivity index (χ1n) is 4.39. The molecule has 3 nitrogen and oxygen atoms in total. The van der Waals surface area contributed by atoms with Crippen molar-refractivity contribution in [2.75, 3.05) is 0 Å². The quantitative estimate of drug-likeness (QED) is 0.650. The van der Waals surface area contributed by atoms with Crippen molar-refractivity contribution in [2.24, 2.45) is 0 Å². The zero-order valence-electron chi connectivity index (χ0n) is 9.09. The van der Waals surface area contributed by atoms with Crippen LogP contribution in [0.4, 0.5) is 0 Å². The molecule has 4 heteroatoms. The number of nitrogens with zero attached hydrogens (tertiary/aromatic N) is 1. The minimum absolute atomic E-state index is 0. The first-order chi connectivity index (χ1) is 6.25. The molecule has 14 heavy (non-hydrogen) atoms. The molecule has 0 saturated heterocycles. The molecule has 0 aliphatic heterocycles. The molecule has 1 heterocycles. The molecular weight excluding hydrogens is 250 g/mol. The molecule has 1 aromatic carbocycles. The van der Waals surface area contributed by atoms with E-state index in [0.29, 0.717) is 0 Å². The van der Waals surface area contributed by atoms with E-state index in [0.717, 1.165) is 16.6 Å². The summed E-state index contributed by atoms with van der Waals surface area (Å²) < 4.78 is 0. The Morgan fingerprint density at radius 1 is 1.29 bits per heavy atom. The molecular formula is C10H13N2ORb. The van der Waals surface area contributed by atoms with Crippen molar-refractivity contribution < 1.29 is 58.2 Å². The molecule has 1 N–H and O–H groups in total. The minimum Gasteiger partial charge on any atom is -0.424 e. The Morgan fingerprint density at radius 3 is 2.57 bits per heavy atom. The standard InChI is InChI=1S/C8H8N2O.C2H6.Rb/c1-5-2-3-6-7(4-5)10-8(11)9-6;1-2;/h2-4H,1H3,(H2,9,10,11);1-2H3;/q;;+1/p-1. The molecule has 0 amide bonds. The van der Waals surface area contributed by atoms with Crippen LogP contribution in [0, 0.1) is 6.92 Å². The van der Waals surface area contributed by atoms with E-state index in [4.69, 9.17) is 0 Å². The zero-order valence-corrected chi connectivity index (χ0v) is 14.0. The number of benzene rings is 1. The van der Waals surface area contributed by atoms with E-state index in [2.05, 4.69) is 9.97 Å². The fourth-order valence-electron chi connectivity index (χ4n) is 1.10. The van der Waals surface area contributed by atoms with Gasteiger partial charge in [-0.25, -0.2) is 0 Å². The van der Waals surface area contributed by atoms with Gasteiger partial charge in [-0.1, -0.05) is 37.6 Å². The second-order valence-electron chi connectivity index (χ2n) is 2.56. The third-order valence-corrected chi connectivity index (χ3v) is 1.62. The van der Waals surface area contributed by atoms with Crippen LogP contribution in [0.2, 0.25) is 0 Å². The Hall–Kier alpha value is 0.295. The van der Waals surface area contributed by atoms with Gasteiger partial charge >= 0.3 is 58.2 Å². The topological polar surface area (TPSA) is 47.0 Å². The van der Waals surface area contributed by atoms with E-state index in [9.17, 15) is 4.79 Å². The van der Waals surface area contributed by atoms with Crippen LogP contribution in [-0.2, 0) is 0 Å². The van der Waals surface area contributed by atoms with E-state index >= 15 is 0 Å². The summed E-state index contributed by atoms with van der Waals surface area (Å²) in [7, 11) is 0. The normalized spacial score (nSPS) is 8.79. The van der Waals surface area contributed by atoms with Crippen molar-refractivity contribution in [3.63, 3.8) is 0 Å². The van der Waals surface area contributed by atoms with Gasteiger partial charge in [0.15, 0.2) is 5.69 Å². The average molecular weight is 263 g/mol. The molecule has 2 aromatic rings. The second-order valence-corrected chi connectivity index (χ2v) is 2.56. The van der Waals surface area contributed by atoms with E-state index in [-0.39, 0.29) is 63.9 Å². The molecule has 1 aromatic heterocycles. The first-order valence-corrected chi connectivity index (χ1v) is 4.39. The van der Waals surface area contributed by atoms with Gasteiger partial charge in [0.2, 0.25) is 0 Å². The Kier molecular flexibility index (Phi) is 6.86. The van der Waals surface area contributed by atoms with Crippen molar-refractivity contribution in [3.05, 3.63) is 34.2 Å². The summed E-state index contributed by atoms with van der Waals surface area (Å²) in [6, 6.07) is 5.68. The summed E-state index contributed by atoms with van der Waals surface area (Å²) in [4.78, 5) is 17.1. The van der Waals surface area contributed by atoms with Crippen molar-refractivity contribution in [1.82, 2.24) is 9.97 Å². The first kappa shape index (κ1) is 14.3. The largest absolute Gasteiger partial charge is 1.00 e. The van der Waals surface area contributed by atoms with E-state index in [1.54, 1.807) is 0 Å². The maximum atomic E-state index is 10.7. The molecule has 0 radical (unpaired) electrons. The summed E-state index contributed by atoms with van der Waals surface area (Å²) in [6.07, 6.45) is 0. The average Bonchev–Trinajstić information content (AvgIpc) is 2.48. The van der Waals surface area contributed by atoms with Gasteiger partial charge in [-0.2, -0.15) is 0 Å². The van der Waals surface area contributed by atoms with Crippen molar-refractivity contribution in [2.45, 2.75) is 20.8 Å². The molecule has 70 valence electrons. The Labute approximate surface area is 132 Å². The van der Waals surface area contributed by atoms with Crippen LogP contribution in [-0.4, -0.2) is 4.98 Å². The number of aryl methyl sites for hydroxylation is 1. The van der Waals surface area contributed by atoms with Gasteiger partial charge in [-0.15, -0.1) is 0 Å². The number of hydrogen-bond donors (Lipinski definition) is 1. The second kappa shape index (κ2) is 6.72. The maximum Gasteiger partial charge on any atom is 1.00 e. The fourth-order valence-corrected chi connectivity index (χ4v) is 1.10. The van der Waals surface area contributed by atoms with Crippen molar-refractivity contribution in [1.29, 1.82) is 0 Å². The summed E-state index contributed by atoms with van der Waals surface area (Å²) in [5, 5.41) is 0. The summed E-state index contributed by atoms with van der Waals surface area (Å²) in [6.45, 7) is 5.98. The Balaban J connectivity index is 0.000000531. The van der Waals surface area contributed by atoms with Crippen molar-refractivity contribution in [3.8, 4) is 0 Å². The third kappa shape index (κ3) is 3.46. The SMILES string of the molecule is CC.Cc1ccc2[n-]c(=O)[nH]c2c1.[Rb+]. The molecule has 0 aliphatic rings. The zero-order chi connectivity index (χ0) is 9.84. The summed E-state index contributed by atoms with van der Waals surface area (Å²) in [5.74, 6) is 0. The van der Waals surface area contributed by atoms with E-state index < -0.39 is 0 Å². The Bertz CT molecular complexity index is 445. The number of H-pyrrole nitrogens is 1. The number of aromatic nitrogens is 2. The molecule has 0 unspecified atom stereocenters. The Morgan fingerprint density at radius 2 is 1.93 bits per heavy atom. The molecule has 0 atom stereocenters. The summed E-state index contributed by atoms with van der Waals surface area (Å²) >= 11 is 0. The number of aromatic amines is 1. The van der Waals surface area contributed by atoms with Crippen LogP contribution in [0.3, 0.4) is 0 Å². The number of fused-ring (bicyclic) bond motifs is 1. The predicted octanol–water partition coefficient (Wildman–Crippen LogP) is -1.18. The van der Waals surface area contributed by atoms with Crippen LogP contribution in [0.25, 0.3) is 11.0 Å². The molecule has 0 fully saturated rings. The molecule has 0 aliphatic carbocycles. The monoisotopic (exact) mass is 262 g/mol. The summed E-state index contributed by atoms with van der Waals surface area (Å²) in [5.41, 5.74) is 2.40. The molecule has 0 spiro atoms. The molecule has 0 bridgehead atoms. The number of imidazole rings is 1. The van der Waals surface area contributed by atoms with Crippen LogP contribution in [0.1, 0.15) is 19.4 Å². The van der Waals surface area contributed by atoms with Crippen molar-refractivity contribution >= 4 is 11.0 Å².